The summed E-state index contributed by atoms with van der Waals surface area (Å²) in [5.74, 6) is 0. The van der Waals surface area contributed by atoms with Crippen LogP contribution in [-0.2, 0) is 0 Å². The van der Waals surface area contributed by atoms with Gasteiger partial charge in [0, 0.05) is 17.8 Å². The van der Waals surface area contributed by atoms with Crippen molar-refractivity contribution in [3.63, 3.8) is 0 Å². The molecule has 1 aromatic heterocycles. The van der Waals surface area contributed by atoms with E-state index in [0.29, 0.717) is 5.56 Å². The van der Waals surface area contributed by atoms with Gasteiger partial charge >= 0.3 is 0 Å². The number of halogens is 1. The Morgan fingerprint density at radius 1 is 1.15 bits per heavy atom. The lowest BCUT2D eigenvalue weighted by Crippen LogP contribution is -1.77. The number of aromatic nitrogens is 1. The van der Waals surface area contributed by atoms with E-state index in [1.807, 2.05) is 18.2 Å². The second-order valence-corrected chi connectivity index (χ2v) is 2.55. The zero-order valence-electron chi connectivity index (χ0n) is 6.77. The molecule has 0 saturated carbocycles. The number of hydrogen-bond acceptors (Lipinski definition) is 2. The van der Waals surface area contributed by atoms with Crippen molar-refractivity contribution in [2.45, 2.75) is 0 Å². The third kappa shape index (κ3) is 1.77. The van der Waals surface area contributed by atoms with Gasteiger partial charge < -0.3 is 0 Å². The Kier molecular flexibility index (Phi) is 2.84. The van der Waals surface area contributed by atoms with Crippen molar-refractivity contribution in [2.75, 3.05) is 0 Å². The lowest BCUT2D eigenvalue weighted by molar-refractivity contribution is 1.36. The fourth-order valence-corrected chi connectivity index (χ4v) is 1.15. The molecule has 0 unspecified atom stereocenters. The van der Waals surface area contributed by atoms with Gasteiger partial charge in [0.05, 0.1) is 11.6 Å². The molecule has 2 aromatic rings. The quantitative estimate of drug-likeness (QED) is 0.640. The average molecular weight is 191 g/mol. The van der Waals surface area contributed by atoms with Gasteiger partial charge in [-0.2, -0.15) is 5.26 Å². The highest BCUT2D eigenvalue weighted by Crippen LogP contribution is 2.13. The first-order valence-electron chi connectivity index (χ1n) is 3.64. The van der Waals surface area contributed by atoms with Crippen LogP contribution in [0.4, 0.5) is 0 Å². The number of rotatable bonds is 0. The van der Waals surface area contributed by atoms with E-state index in [0.717, 1.165) is 10.8 Å². The van der Waals surface area contributed by atoms with Crippen LogP contribution < -0.4 is 0 Å². The van der Waals surface area contributed by atoms with Gasteiger partial charge in [-0.3, -0.25) is 4.98 Å². The molecule has 0 bridgehead atoms. The minimum atomic E-state index is 0. The first-order chi connectivity index (χ1) is 5.90. The van der Waals surface area contributed by atoms with E-state index in [-0.39, 0.29) is 12.4 Å². The van der Waals surface area contributed by atoms with E-state index < -0.39 is 0 Å². The summed E-state index contributed by atoms with van der Waals surface area (Å²) in [5.41, 5.74) is 0.689. The normalized spacial score (nSPS) is 8.85. The van der Waals surface area contributed by atoms with Gasteiger partial charge in [0.2, 0.25) is 0 Å². The maximum absolute atomic E-state index is 8.63. The van der Waals surface area contributed by atoms with Gasteiger partial charge in [0.25, 0.3) is 0 Å². The lowest BCUT2D eigenvalue weighted by atomic mass is 10.1. The Bertz CT molecular complexity index is 460. The topological polar surface area (TPSA) is 36.7 Å². The zero-order valence-corrected chi connectivity index (χ0v) is 7.58. The molecule has 0 amide bonds. The van der Waals surface area contributed by atoms with Crippen LogP contribution in [0.2, 0.25) is 0 Å². The highest BCUT2D eigenvalue weighted by molar-refractivity contribution is 5.85. The smallest absolute Gasteiger partial charge is 0.0991 e. The SMILES string of the molecule is Cl.N#Cc1ccc2cnccc2c1. The van der Waals surface area contributed by atoms with Crippen molar-refractivity contribution >= 4 is 23.2 Å². The molecule has 3 heteroatoms. The van der Waals surface area contributed by atoms with Crippen LogP contribution in [0.5, 0.6) is 0 Å². The molecule has 0 spiro atoms. The summed E-state index contributed by atoms with van der Waals surface area (Å²) in [7, 11) is 0. The van der Waals surface area contributed by atoms with E-state index in [4.69, 9.17) is 5.26 Å². The van der Waals surface area contributed by atoms with Crippen LogP contribution in [0.25, 0.3) is 10.8 Å². The first kappa shape index (κ1) is 9.50. The van der Waals surface area contributed by atoms with Crippen LogP contribution in [0.1, 0.15) is 5.56 Å². The molecule has 0 aliphatic heterocycles. The predicted octanol–water partition coefficient (Wildman–Crippen LogP) is 2.53. The van der Waals surface area contributed by atoms with Crippen molar-refractivity contribution in [3.8, 4) is 6.07 Å². The number of fused-ring (bicyclic) bond motifs is 1. The molecule has 1 heterocycles. The zero-order chi connectivity index (χ0) is 8.39. The minimum Gasteiger partial charge on any atom is -0.264 e. The van der Waals surface area contributed by atoms with E-state index in [2.05, 4.69) is 11.1 Å². The summed E-state index contributed by atoms with van der Waals surface area (Å²) in [6.07, 6.45) is 3.51. The summed E-state index contributed by atoms with van der Waals surface area (Å²) in [6, 6.07) is 9.56. The van der Waals surface area contributed by atoms with E-state index in [1.54, 1.807) is 18.5 Å². The number of nitrogens with zero attached hydrogens (tertiary/aromatic N) is 2. The van der Waals surface area contributed by atoms with E-state index in [9.17, 15) is 0 Å². The van der Waals surface area contributed by atoms with Crippen LogP contribution >= 0.6 is 12.4 Å². The fourth-order valence-electron chi connectivity index (χ4n) is 1.15. The molecule has 1 aromatic carbocycles. The monoisotopic (exact) mass is 190 g/mol. The van der Waals surface area contributed by atoms with Gasteiger partial charge in [-0.1, -0.05) is 6.07 Å². The third-order valence-electron chi connectivity index (χ3n) is 1.77. The Morgan fingerprint density at radius 3 is 2.77 bits per heavy atom. The number of benzene rings is 1. The van der Waals surface area contributed by atoms with Gasteiger partial charge in [-0.05, 0) is 23.6 Å². The standard InChI is InChI=1S/C10H6N2.ClH/c11-6-8-1-2-10-7-12-4-3-9(10)5-8;/h1-5,7H;1H. The van der Waals surface area contributed by atoms with Crippen molar-refractivity contribution in [2.24, 2.45) is 0 Å². The maximum Gasteiger partial charge on any atom is 0.0991 e. The molecule has 0 saturated heterocycles. The van der Waals surface area contributed by atoms with Crippen LogP contribution in [0.3, 0.4) is 0 Å². The van der Waals surface area contributed by atoms with Gasteiger partial charge in [-0.25, -0.2) is 0 Å². The third-order valence-corrected chi connectivity index (χ3v) is 1.77. The predicted molar refractivity (Wildman–Crippen MR) is 53.7 cm³/mol. The van der Waals surface area contributed by atoms with Crippen LogP contribution in [0.15, 0.2) is 36.7 Å². The Balaban J connectivity index is 0.000000845. The molecule has 2 rings (SSSR count). The van der Waals surface area contributed by atoms with Gasteiger partial charge in [0.1, 0.15) is 0 Å². The van der Waals surface area contributed by atoms with Crippen molar-refractivity contribution in [1.29, 1.82) is 5.26 Å². The first-order valence-corrected chi connectivity index (χ1v) is 3.64. The largest absolute Gasteiger partial charge is 0.264 e. The molecule has 64 valence electrons. The van der Waals surface area contributed by atoms with Crippen molar-refractivity contribution in [1.82, 2.24) is 4.98 Å². The Morgan fingerprint density at radius 2 is 2.00 bits per heavy atom. The molecular formula is C10H7ClN2. The Labute approximate surface area is 82.2 Å². The number of hydrogen-bond donors (Lipinski definition) is 0. The molecule has 0 atom stereocenters. The fraction of sp³-hybridized carbons (Fsp3) is 0. The summed E-state index contributed by atoms with van der Waals surface area (Å²) >= 11 is 0. The summed E-state index contributed by atoms with van der Waals surface area (Å²) < 4.78 is 0. The van der Waals surface area contributed by atoms with Gasteiger partial charge in [0.15, 0.2) is 0 Å². The second-order valence-electron chi connectivity index (χ2n) is 2.55. The number of nitriles is 1. The summed E-state index contributed by atoms with van der Waals surface area (Å²) in [5, 5.41) is 10.8. The minimum absolute atomic E-state index is 0. The van der Waals surface area contributed by atoms with Crippen molar-refractivity contribution < 1.29 is 0 Å². The average Bonchev–Trinajstić information content (AvgIpc) is 2.17. The van der Waals surface area contributed by atoms with E-state index >= 15 is 0 Å². The number of pyridine rings is 1. The summed E-state index contributed by atoms with van der Waals surface area (Å²) in [6.45, 7) is 0. The van der Waals surface area contributed by atoms with Crippen molar-refractivity contribution in [3.05, 3.63) is 42.2 Å². The van der Waals surface area contributed by atoms with Gasteiger partial charge in [-0.15, -0.1) is 12.4 Å². The molecule has 0 aliphatic rings. The lowest BCUT2D eigenvalue weighted by Gasteiger charge is -1.94. The molecule has 0 N–H and O–H groups in total. The Hall–Kier alpha value is -1.59. The molecule has 0 radical (unpaired) electrons. The molecule has 0 aliphatic carbocycles. The molecule has 13 heavy (non-hydrogen) atoms. The van der Waals surface area contributed by atoms with E-state index in [1.165, 1.54) is 0 Å². The van der Waals surface area contributed by atoms with Crippen LogP contribution in [0, 0.1) is 11.3 Å². The van der Waals surface area contributed by atoms with Crippen LogP contribution in [-0.4, -0.2) is 4.98 Å². The molecule has 2 nitrogen and oxygen atoms in total. The molecule has 0 fully saturated rings. The maximum atomic E-state index is 8.63. The highest BCUT2D eigenvalue weighted by Gasteiger charge is 1.93. The molecular weight excluding hydrogens is 184 g/mol. The summed E-state index contributed by atoms with van der Waals surface area (Å²) in [4.78, 5) is 3.99. The second kappa shape index (κ2) is 3.88. The highest BCUT2D eigenvalue weighted by atomic mass is 35.5.